The maximum absolute atomic E-state index is 14.1. The van der Waals surface area contributed by atoms with Crippen LogP contribution in [0.2, 0.25) is 0 Å². The maximum atomic E-state index is 14.1. The number of carboxylic acid groups (broad SMARTS) is 1. The van der Waals surface area contributed by atoms with Gasteiger partial charge in [-0.05, 0) is 58.9 Å². The summed E-state index contributed by atoms with van der Waals surface area (Å²) in [4.78, 5) is 53.9. The first-order chi connectivity index (χ1) is 15.9. The number of benzene rings is 1. The molecule has 0 aliphatic carbocycles. The zero-order valence-electron chi connectivity index (χ0n) is 20.4. The number of piperidine rings is 1. The summed E-state index contributed by atoms with van der Waals surface area (Å²) in [5, 5.41) is 11.6. The van der Waals surface area contributed by atoms with E-state index in [4.69, 9.17) is 9.84 Å². The molecule has 2 fully saturated rings. The Balaban J connectivity index is 1.83. The zero-order valence-corrected chi connectivity index (χ0v) is 20.4. The lowest BCUT2D eigenvalue weighted by Crippen LogP contribution is -2.57. The summed E-state index contributed by atoms with van der Waals surface area (Å²) < 4.78 is 5.51. The van der Waals surface area contributed by atoms with Crippen LogP contribution in [0.1, 0.15) is 58.9 Å². The van der Waals surface area contributed by atoms with Crippen LogP contribution in [0.5, 0.6) is 0 Å². The second-order valence-corrected chi connectivity index (χ2v) is 10.1. The van der Waals surface area contributed by atoms with Crippen molar-refractivity contribution in [2.75, 3.05) is 19.6 Å². The Kier molecular flexibility index (Phi) is 7.53. The van der Waals surface area contributed by atoms with Crippen molar-refractivity contribution in [3.63, 3.8) is 0 Å². The molecule has 0 spiro atoms. The van der Waals surface area contributed by atoms with Crippen molar-refractivity contribution in [3.05, 3.63) is 35.9 Å². The average Bonchev–Trinajstić information content (AvgIpc) is 3.28. The monoisotopic (exact) mass is 473 g/mol. The molecule has 186 valence electrons. The third-order valence-electron chi connectivity index (χ3n) is 6.55. The van der Waals surface area contributed by atoms with Crippen LogP contribution in [0, 0.1) is 0 Å². The van der Waals surface area contributed by atoms with Gasteiger partial charge in [-0.1, -0.05) is 30.3 Å². The molecule has 0 radical (unpaired) electrons. The number of aliphatic carboxylic acids is 1. The highest BCUT2D eigenvalue weighted by atomic mass is 16.6. The van der Waals surface area contributed by atoms with Crippen LogP contribution in [0.25, 0.3) is 0 Å². The Morgan fingerprint density at radius 2 is 1.71 bits per heavy atom. The molecule has 2 heterocycles. The van der Waals surface area contributed by atoms with Crippen molar-refractivity contribution in [2.24, 2.45) is 0 Å². The minimum absolute atomic E-state index is 0.150. The van der Waals surface area contributed by atoms with Crippen LogP contribution in [0.3, 0.4) is 0 Å². The van der Waals surface area contributed by atoms with Gasteiger partial charge in [-0.3, -0.25) is 14.4 Å². The van der Waals surface area contributed by atoms with E-state index in [0.29, 0.717) is 45.3 Å². The lowest BCUT2D eigenvalue weighted by atomic mass is 9.71. The number of carbonyl (C=O) groups excluding carboxylic acids is 3. The van der Waals surface area contributed by atoms with Crippen molar-refractivity contribution < 1.29 is 29.0 Å². The standard InChI is InChI=1S/C25H35N3O6/c1-17(21(30)31)26-20(29)19-11-8-14-28(19)22(32)25(18-9-6-5-7-10-18)12-15-27(16-13-25)23(33)34-24(2,3)4/h5-7,9-10,17,19H,8,11-16H2,1-4H3,(H,26,29)(H,30,31)/t17-,19-/m0/s1. The van der Waals surface area contributed by atoms with Gasteiger partial charge in [0.2, 0.25) is 11.8 Å². The summed E-state index contributed by atoms with van der Waals surface area (Å²) in [6, 6.07) is 7.73. The van der Waals surface area contributed by atoms with Crippen LogP contribution in [-0.4, -0.2) is 76.1 Å². The number of rotatable bonds is 5. The van der Waals surface area contributed by atoms with Crippen LogP contribution >= 0.6 is 0 Å². The number of likely N-dealkylation sites (tertiary alicyclic amines) is 2. The first-order valence-corrected chi connectivity index (χ1v) is 11.8. The summed E-state index contributed by atoms with van der Waals surface area (Å²) >= 11 is 0. The number of nitrogens with zero attached hydrogens (tertiary/aromatic N) is 2. The van der Waals surface area contributed by atoms with Gasteiger partial charge in [-0.2, -0.15) is 0 Å². The first-order valence-electron chi connectivity index (χ1n) is 11.8. The Bertz CT molecular complexity index is 918. The van der Waals surface area contributed by atoms with Crippen LogP contribution in [0.15, 0.2) is 30.3 Å². The summed E-state index contributed by atoms with van der Waals surface area (Å²) in [6.45, 7) is 8.00. The van der Waals surface area contributed by atoms with Gasteiger partial charge in [0.15, 0.2) is 0 Å². The lowest BCUT2D eigenvalue weighted by Gasteiger charge is -2.43. The molecule has 1 aromatic carbocycles. The number of hydrogen-bond donors (Lipinski definition) is 2. The number of carboxylic acids is 1. The molecule has 2 aliphatic heterocycles. The molecule has 3 amide bonds. The molecular formula is C25H35N3O6. The molecule has 1 aromatic rings. The number of carbonyl (C=O) groups is 4. The van der Waals surface area contributed by atoms with E-state index >= 15 is 0 Å². The molecular weight excluding hydrogens is 438 g/mol. The highest BCUT2D eigenvalue weighted by Gasteiger charge is 2.49. The molecule has 0 aromatic heterocycles. The van der Waals surface area contributed by atoms with Gasteiger partial charge in [0.05, 0.1) is 5.41 Å². The van der Waals surface area contributed by atoms with Gasteiger partial charge < -0.3 is 25.0 Å². The van der Waals surface area contributed by atoms with E-state index in [9.17, 15) is 19.2 Å². The zero-order chi connectivity index (χ0) is 25.1. The SMILES string of the molecule is C[C@H](NC(=O)[C@@H]1CCCN1C(=O)C1(c2ccccc2)CCN(C(=O)OC(C)(C)C)CC1)C(=O)O. The minimum atomic E-state index is -1.13. The Labute approximate surface area is 200 Å². The molecule has 0 unspecified atom stereocenters. The molecule has 2 N–H and O–H groups in total. The third kappa shape index (κ3) is 5.51. The van der Waals surface area contributed by atoms with Crippen LogP contribution in [0.4, 0.5) is 4.79 Å². The number of ether oxygens (including phenoxy) is 1. The maximum Gasteiger partial charge on any atom is 0.410 e. The summed E-state index contributed by atoms with van der Waals surface area (Å²) in [6.07, 6.45) is 1.57. The molecule has 9 heteroatoms. The van der Waals surface area contributed by atoms with Gasteiger partial charge in [0.25, 0.3) is 0 Å². The third-order valence-corrected chi connectivity index (χ3v) is 6.55. The van der Waals surface area contributed by atoms with Crippen molar-refractivity contribution in [3.8, 4) is 0 Å². The van der Waals surface area contributed by atoms with E-state index in [1.54, 1.807) is 9.80 Å². The van der Waals surface area contributed by atoms with Gasteiger partial charge >= 0.3 is 12.1 Å². The van der Waals surface area contributed by atoms with Crippen molar-refractivity contribution in [2.45, 2.75) is 76.5 Å². The summed E-state index contributed by atoms with van der Waals surface area (Å²) in [5.41, 5.74) is -0.626. The van der Waals surface area contributed by atoms with Gasteiger partial charge in [0, 0.05) is 19.6 Å². The fourth-order valence-electron chi connectivity index (χ4n) is 4.71. The summed E-state index contributed by atoms with van der Waals surface area (Å²) in [7, 11) is 0. The topological polar surface area (TPSA) is 116 Å². The lowest BCUT2D eigenvalue weighted by molar-refractivity contribution is -0.146. The van der Waals surface area contributed by atoms with Crippen LogP contribution < -0.4 is 5.32 Å². The van der Waals surface area contributed by atoms with E-state index in [2.05, 4.69) is 5.32 Å². The van der Waals surface area contributed by atoms with E-state index in [0.717, 1.165) is 5.56 Å². The van der Waals surface area contributed by atoms with Gasteiger partial charge in [-0.25, -0.2) is 4.79 Å². The molecule has 0 saturated carbocycles. The smallest absolute Gasteiger partial charge is 0.410 e. The fraction of sp³-hybridized carbons (Fsp3) is 0.600. The predicted molar refractivity (Wildman–Crippen MR) is 125 cm³/mol. The molecule has 9 nitrogen and oxygen atoms in total. The van der Waals surface area contributed by atoms with E-state index in [1.807, 2.05) is 51.1 Å². The molecule has 2 atom stereocenters. The fourth-order valence-corrected chi connectivity index (χ4v) is 4.71. The average molecular weight is 474 g/mol. The molecule has 3 rings (SSSR count). The Morgan fingerprint density at radius 3 is 2.26 bits per heavy atom. The summed E-state index contributed by atoms with van der Waals surface area (Å²) in [5.74, 6) is -1.72. The highest BCUT2D eigenvalue weighted by molar-refractivity contribution is 5.95. The molecule has 2 aliphatic rings. The number of hydrogen-bond acceptors (Lipinski definition) is 5. The Hall–Kier alpha value is -3.10. The second-order valence-electron chi connectivity index (χ2n) is 10.1. The van der Waals surface area contributed by atoms with Gasteiger partial charge in [-0.15, -0.1) is 0 Å². The van der Waals surface area contributed by atoms with Gasteiger partial charge in [0.1, 0.15) is 17.7 Å². The Morgan fingerprint density at radius 1 is 1.09 bits per heavy atom. The normalized spacial score (nSPS) is 21.0. The number of amides is 3. The second kappa shape index (κ2) is 10.0. The highest BCUT2D eigenvalue weighted by Crippen LogP contribution is 2.39. The quantitative estimate of drug-likeness (QED) is 0.679. The molecule has 2 saturated heterocycles. The largest absolute Gasteiger partial charge is 0.480 e. The molecule has 0 bridgehead atoms. The van der Waals surface area contributed by atoms with Crippen LogP contribution in [-0.2, 0) is 24.5 Å². The molecule has 34 heavy (non-hydrogen) atoms. The number of nitrogens with one attached hydrogen (secondary N) is 1. The van der Waals surface area contributed by atoms with Crippen molar-refractivity contribution in [1.82, 2.24) is 15.1 Å². The van der Waals surface area contributed by atoms with E-state index in [1.165, 1.54) is 6.92 Å². The van der Waals surface area contributed by atoms with E-state index < -0.39 is 41.1 Å². The van der Waals surface area contributed by atoms with Crippen molar-refractivity contribution in [1.29, 1.82) is 0 Å². The minimum Gasteiger partial charge on any atom is -0.480 e. The first kappa shape index (κ1) is 25.5. The predicted octanol–water partition coefficient (Wildman–Crippen LogP) is 2.54. The van der Waals surface area contributed by atoms with E-state index in [-0.39, 0.29) is 5.91 Å². The van der Waals surface area contributed by atoms with Crippen molar-refractivity contribution >= 4 is 23.9 Å².